The molecular weight excluding hydrogens is 336 g/mol. The highest BCUT2D eigenvalue weighted by atomic mass is 16.5. The highest BCUT2D eigenvalue weighted by Crippen LogP contribution is 2.36. The van der Waals surface area contributed by atoms with Crippen LogP contribution in [0.5, 0.6) is 0 Å². The number of hydrogen-bond acceptors (Lipinski definition) is 3. The average Bonchev–Trinajstić information content (AvgIpc) is 3.43. The number of hydrogen-bond donors (Lipinski definition) is 1. The van der Waals surface area contributed by atoms with Crippen molar-refractivity contribution < 1.29 is 4.52 Å². The van der Waals surface area contributed by atoms with E-state index < -0.39 is 0 Å². The van der Waals surface area contributed by atoms with E-state index in [9.17, 15) is 0 Å². The van der Waals surface area contributed by atoms with Crippen LogP contribution in [-0.4, -0.2) is 19.7 Å². The van der Waals surface area contributed by atoms with Crippen LogP contribution < -0.4 is 0 Å². The Morgan fingerprint density at radius 3 is 2.59 bits per heavy atom. The molecule has 0 unspecified atom stereocenters. The molecule has 0 fully saturated rings. The monoisotopic (exact) mass is 354 g/mol. The fraction of sp³-hybridized carbons (Fsp3) is 0.0909. The van der Waals surface area contributed by atoms with Crippen molar-refractivity contribution in [3.05, 3.63) is 84.5 Å². The summed E-state index contributed by atoms with van der Waals surface area (Å²) >= 11 is 0. The second kappa shape index (κ2) is 6.29. The molecule has 3 aromatic heterocycles. The van der Waals surface area contributed by atoms with Gasteiger partial charge in [-0.1, -0.05) is 53.7 Å². The van der Waals surface area contributed by atoms with Gasteiger partial charge in [0.15, 0.2) is 5.76 Å². The Labute approximate surface area is 156 Å². The Kier molecular flexibility index (Phi) is 3.64. The molecule has 0 bridgehead atoms. The second-order valence-corrected chi connectivity index (χ2v) is 6.59. The summed E-state index contributed by atoms with van der Waals surface area (Å²) < 4.78 is 7.44. The topological polar surface area (TPSA) is 59.6 Å². The molecule has 0 radical (unpaired) electrons. The number of fused-ring (bicyclic) bond motifs is 1. The third-order valence-electron chi connectivity index (χ3n) is 4.90. The van der Waals surface area contributed by atoms with Gasteiger partial charge in [-0.3, -0.25) is 0 Å². The molecular formula is C22H18N4O. The summed E-state index contributed by atoms with van der Waals surface area (Å²) in [5.74, 6) is 0.794. The van der Waals surface area contributed by atoms with Gasteiger partial charge in [0.25, 0.3) is 0 Å². The lowest BCUT2D eigenvalue weighted by atomic mass is 10.1. The SMILES string of the molecule is Cc1c(-c2c(-c3ccccc3)ncn2Cc2ccno2)[nH]c2ccccc12. The van der Waals surface area contributed by atoms with Crippen molar-refractivity contribution in [3.8, 4) is 22.6 Å². The Bertz CT molecular complexity index is 1200. The van der Waals surface area contributed by atoms with Gasteiger partial charge in [0.1, 0.15) is 0 Å². The standard InChI is InChI=1S/C22H18N4O/c1-15-18-9-5-6-10-19(18)25-20(15)22-21(16-7-3-2-4-8-16)23-14-26(22)13-17-11-12-24-27-17/h2-12,14,25H,13H2,1H3. The van der Waals surface area contributed by atoms with Crippen LogP contribution in [0.2, 0.25) is 0 Å². The van der Waals surface area contributed by atoms with Gasteiger partial charge in [0, 0.05) is 22.5 Å². The van der Waals surface area contributed by atoms with E-state index in [0.717, 1.165) is 33.9 Å². The predicted molar refractivity (Wildman–Crippen MR) is 105 cm³/mol. The van der Waals surface area contributed by atoms with Gasteiger partial charge < -0.3 is 14.1 Å². The number of aromatic nitrogens is 4. The molecule has 5 aromatic rings. The molecule has 5 nitrogen and oxygen atoms in total. The largest absolute Gasteiger partial charge is 0.359 e. The highest BCUT2D eigenvalue weighted by molar-refractivity contribution is 5.92. The third-order valence-corrected chi connectivity index (χ3v) is 4.90. The minimum atomic E-state index is 0.573. The minimum Gasteiger partial charge on any atom is -0.359 e. The normalized spacial score (nSPS) is 11.3. The molecule has 132 valence electrons. The molecule has 0 saturated carbocycles. The molecule has 0 aliphatic carbocycles. The van der Waals surface area contributed by atoms with Crippen molar-refractivity contribution in [1.29, 1.82) is 0 Å². The fourth-order valence-corrected chi connectivity index (χ4v) is 3.58. The van der Waals surface area contributed by atoms with Crippen molar-refractivity contribution in [1.82, 2.24) is 19.7 Å². The van der Waals surface area contributed by atoms with E-state index in [4.69, 9.17) is 9.51 Å². The van der Waals surface area contributed by atoms with Crippen LogP contribution in [0.25, 0.3) is 33.5 Å². The first-order chi connectivity index (χ1) is 13.3. The molecule has 0 spiro atoms. The zero-order valence-corrected chi connectivity index (χ0v) is 14.9. The van der Waals surface area contributed by atoms with Crippen LogP contribution in [0.1, 0.15) is 11.3 Å². The average molecular weight is 354 g/mol. The van der Waals surface area contributed by atoms with Crippen LogP contribution >= 0.6 is 0 Å². The third kappa shape index (κ3) is 2.64. The van der Waals surface area contributed by atoms with Crippen molar-refractivity contribution in [2.45, 2.75) is 13.5 Å². The van der Waals surface area contributed by atoms with Gasteiger partial charge in [0.05, 0.1) is 36.2 Å². The first kappa shape index (κ1) is 15.6. The van der Waals surface area contributed by atoms with Crippen LogP contribution in [0, 0.1) is 6.92 Å². The Hall–Kier alpha value is -3.60. The maximum absolute atomic E-state index is 5.32. The maximum Gasteiger partial charge on any atom is 0.156 e. The molecule has 1 N–H and O–H groups in total. The van der Waals surface area contributed by atoms with Crippen molar-refractivity contribution in [3.63, 3.8) is 0 Å². The van der Waals surface area contributed by atoms with E-state index in [1.54, 1.807) is 6.20 Å². The van der Waals surface area contributed by atoms with Crippen LogP contribution in [0.15, 0.2) is 77.7 Å². The van der Waals surface area contributed by atoms with Gasteiger partial charge in [0.2, 0.25) is 0 Å². The van der Waals surface area contributed by atoms with E-state index in [-0.39, 0.29) is 0 Å². The summed E-state index contributed by atoms with van der Waals surface area (Å²) in [6, 6.07) is 20.5. The van der Waals surface area contributed by atoms with Gasteiger partial charge in [-0.2, -0.15) is 0 Å². The molecule has 2 aromatic carbocycles. The zero-order valence-electron chi connectivity index (χ0n) is 14.9. The van der Waals surface area contributed by atoms with E-state index in [2.05, 4.69) is 52.0 Å². The Morgan fingerprint density at radius 1 is 1.00 bits per heavy atom. The van der Waals surface area contributed by atoms with E-state index in [1.807, 2.05) is 36.7 Å². The van der Waals surface area contributed by atoms with Crippen LogP contribution in [-0.2, 0) is 6.54 Å². The number of H-pyrrole nitrogens is 1. The summed E-state index contributed by atoms with van der Waals surface area (Å²) in [5.41, 5.74) is 6.49. The number of aryl methyl sites for hydroxylation is 1. The summed E-state index contributed by atoms with van der Waals surface area (Å²) in [6.45, 7) is 2.72. The minimum absolute atomic E-state index is 0.573. The van der Waals surface area contributed by atoms with Crippen molar-refractivity contribution in [2.75, 3.05) is 0 Å². The van der Waals surface area contributed by atoms with Crippen LogP contribution in [0.3, 0.4) is 0 Å². The number of nitrogens with zero attached hydrogens (tertiary/aromatic N) is 3. The maximum atomic E-state index is 5.32. The number of benzene rings is 2. The number of nitrogens with one attached hydrogen (secondary N) is 1. The number of para-hydroxylation sites is 1. The van der Waals surface area contributed by atoms with E-state index >= 15 is 0 Å². The fourth-order valence-electron chi connectivity index (χ4n) is 3.58. The van der Waals surface area contributed by atoms with Gasteiger partial charge >= 0.3 is 0 Å². The molecule has 3 heterocycles. The van der Waals surface area contributed by atoms with E-state index in [1.165, 1.54) is 10.9 Å². The first-order valence-electron chi connectivity index (χ1n) is 8.89. The van der Waals surface area contributed by atoms with Crippen molar-refractivity contribution in [2.24, 2.45) is 0 Å². The number of aromatic amines is 1. The molecule has 27 heavy (non-hydrogen) atoms. The lowest BCUT2D eigenvalue weighted by Gasteiger charge is -2.09. The van der Waals surface area contributed by atoms with Gasteiger partial charge in [-0.05, 0) is 18.6 Å². The summed E-state index contributed by atoms with van der Waals surface area (Å²) in [5, 5.41) is 5.04. The zero-order chi connectivity index (χ0) is 18.2. The number of rotatable bonds is 4. The predicted octanol–water partition coefficient (Wildman–Crippen LogP) is 5.04. The molecule has 0 aliphatic rings. The van der Waals surface area contributed by atoms with E-state index in [0.29, 0.717) is 6.54 Å². The Balaban J connectivity index is 1.74. The molecule has 0 aliphatic heterocycles. The van der Waals surface area contributed by atoms with Crippen molar-refractivity contribution >= 4 is 10.9 Å². The quantitative estimate of drug-likeness (QED) is 0.492. The lowest BCUT2D eigenvalue weighted by Crippen LogP contribution is -2.01. The second-order valence-electron chi connectivity index (χ2n) is 6.59. The van der Waals surface area contributed by atoms with Crippen LogP contribution in [0.4, 0.5) is 0 Å². The summed E-state index contributed by atoms with van der Waals surface area (Å²) in [7, 11) is 0. The Morgan fingerprint density at radius 2 is 1.81 bits per heavy atom. The molecule has 0 saturated heterocycles. The number of imidazole rings is 1. The lowest BCUT2D eigenvalue weighted by molar-refractivity contribution is 0.377. The molecule has 0 amide bonds. The summed E-state index contributed by atoms with van der Waals surface area (Å²) in [6.07, 6.45) is 3.53. The van der Waals surface area contributed by atoms with Gasteiger partial charge in [-0.15, -0.1) is 0 Å². The smallest absolute Gasteiger partial charge is 0.156 e. The molecule has 0 atom stereocenters. The molecule has 5 heteroatoms. The molecule has 5 rings (SSSR count). The summed E-state index contributed by atoms with van der Waals surface area (Å²) in [4.78, 5) is 8.32. The first-order valence-corrected chi connectivity index (χ1v) is 8.89. The van der Waals surface area contributed by atoms with Gasteiger partial charge in [-0.25, -0.2) is 4.98 Å². The highest BCUT2D eigenvalue weighted by Gasteiger charge is 2.20.